The van der Waals surface area contributed by atoms with Crippen LogP contribution in [0.25, 0.3) is 0 Å². The van der Waals surface area contributed by atoms with Gasteiger partial charge in [-0.3, -0.25) is 14.6 Å². The Labute approximate surface area is 116 Å². The third-order valence-electron chi connectivity index (χ3n) is 3.32. The van der Waals surface area contributed by atoms with Crippen LogP contribution in [0.1, 0.15) is 13.8 Å². The normalized spacial score (nSPS) is 21.5. The van der Waals surface area contributed by atoms with E-state index in [4.69, 9.17) is 0 Å². The van der Waals surface area contributed by atoms with Crippen LogP contribution in [-0.4, -0.2) is 78.4 Å². The molecule has 1 saturated heterocycles. The van der Waals surface area contributed by atoms with Crippen molar-refractivity contribution in [2.75, 3.05) is 39.3 Å². The summed E-state index contributed by atoms with van der Waals surface area (Å²) in [6, 6.07) is -0.578. The lowest BCUT2D eigenvalue weighted by Gasteiger charge is -2.37. The van der Waals surface area contributed by atoms with Gasteiger partial charge < -0.3 is 10.4 Å². The molecule has 1 aliphatic rings. The largest absolute Gasteiger partial charge is 0.405 e. The zero-order valence-electron chi connectivity index (χ0n) is 11.8. The van der Waals surface area contributed by atoms with Gasteiger partial charge in [0, 0.05) is 32.7 Å². The molecule has 0 aromatic carbocycles. The summed E-state index contributed by atoms with van der Waals surface area (Å²) in [7, 11) is 0. The maximum Gasteiger partial charge on any atom is 0.405 e. The third kappa shape index (κ3) is 6.06. The zero-order chi connectivity index (χ0) is 15.3. The molecule has 0 aromatic rings. The van der Waals surface area contributed by atoms with Gasteiger partial charge in [0.05, 0.1) is 12.1 Å². The Balaban J connectivity index is 2.34. The van der Waals surface area contributed by atoms with Crippen LogP contribution < -0.4 is 5.32 Å². The predicted molar refractivity (Wildman–Crippen MR) is 68.2 cm³/mol. The summed E-state index contributed by atoms with van der Waals surface area (Å²) < 4.78 is 36.1. The number of halogens is 3. The molecular weight excluding hydrogens is 275 g/mol. The Morgan fingerprint density at radius 1 is 1.25 bits per heavy atom. The summed E-state index contributed by atoms with van der Waals surface area (Å²) in [5, 5.41) is 11.2. The van der Waals surface area contributed by atoms with Crippen LogP contribution in [-0.2, 0) is 4.79 Å². The van der Waals surface area contributed by atoms with Gasteiger partial charge in [0.15, 0.2) is 0 Å². The maximum atomic E-state index is 12.0. The van der Waals surface area contributed by atoms with Gasteiger partial charge in [0.25, 0.3) is 0 Å². The standard InChI is InChI=1S/C12H22F3N3O2/c1-9(19)7-17-3-5-18(6-4-17)10(2)11(20)16-8-12(13,14)15/h9-10,19H,3-8H2,1-2H3,(H,16,20)/t9-,10+/m1/s1. The Morgan fingerprint density at radius 2 is 1.80 bits per heavy atom. The van der Waals surface area contributed by atoms with Crippen LogP contribution in [0, 0.1) is 0 Å². The minimum atomic E-state index is -4.38. The maximum absolute atomic E-state index is 12.0. The topological polar surface area (TPSA) is 55.8 Å². The molecule has 1 fully saturated rings. The first-order chi connectivity index (χ1) is 9.19. The molecule has 20 heavy (non-hydrogen) atoms. The molecule has 0 aromatic heterocycles. The van der Waals surface area contributed by atoms with Crippen molar-refractivity contribution in [2.24, 2.45) is 0 Å². The van der Waals surface area contributed by atoms with Gasteiger partial charge in [-0.25, -0.2) is 0 Å². The van der Waals surface area contributed by atoms with Crippen molar-refractivity contribution in [2.45, 2.75) is 32.2 Å². The van der Waals surface area contributed by atoms with Gasteiger partial charge in [0.1, 0.15) is 6.54 Å². The van der Waals surface area contributed by atoms with Crippen molar-refractivity contribution >= 4 is 5.91 Å². The lowest BCUT2D eigenvalue weighted by atomic mass is 10.2. The van der Waals surface area contributed by atoms with E-state index >= 15 is 0 Å². The highest BCUT2D eigenvalue weighted by molar-refractivity contribution is 5.81. The third-order valence-corrected chi connectivity index (χ3v) is 3.32. The Morgan fingerprint density at radius 3 is 2.25 bits per heavy atom. The van der Waals surface area contributed by atoms with E-state index in [2.05, 4.69) is 4.90 Å². The number of hydrogen-bond donors (Lipinski definition) is 2. The molecule has 1 aliphatic heterocycles. The molecule has 0 unspecified atom stereocenters. The van der Waals surface area contributed by atoms with Crippen LogP contribution in [0.5, 0.6) is 0 Å². The first-order valence-corrected chi connectivity index (χ1v) is 6.68. The van der Waals surface area contributed by atoms with Crippen molar-refractivity contribution in [3.05, 3.63) is 0 Å². The van der Waals surface area contributed by atoms with E-state index in [-0.39, 0.29) is 0 Å². The number of piperazine rings is 1. The van der Waals surface area contributed by atoms with E-state index in [9.17, 15) is 23.1 Å². The Bertz CT molecular complexity index is 316. The molecular formula is C12H22F3N3O2. The van der Waals surface area contributed by atoms with E-state index < -0.39 is 30.8 Å². The number of hydrogen-bond acceptors (Lipinski definition) is 4. The number of alkyl halides is 3. The van der Waals surface area contributed by atoms with Crippen molar-refractivity contribution in [1.82, 2.24) is 15.1 Å². The van der Waals surface area contributed by atoms with Gasteiger partial charge in [0.2, 0.25) is 5.91 Å². The summed E-state index contributed by atoms with van der Waals surface area (Å²) >= 11 is 0. The van der Waals surface area contributed by atoms with Crippen molar-refractivity contribution in [3.8, 4) is 0 Å². The van der Waals surface area contributed by atoms with Gasteiger partial charge in [-0.05, 0) is 13.8 Å². The fourth-order valence-corrected chi connectivity index (χ4v) is 2.21. The minimum Gasteiger partial charge on any atom is -0.392 e. The second-order valence-corrected chi connectivity index (χ2v) is 5.19. The van der Waals surface area contributed by atoms with Crippen molar-refractivity contribution in [3.63, 3.8) is 0 Å². The lowest BCUT2D eigenvalue weighted by Crippen LogP contribution is -2.55. The summed E-state index contributed by atoms with van der Waals surface area (Å²) in [5.74, 6) is -0.605. The number of nitrogens with zero attached hydrogens (tertiary/aromatic N) is 2. The molecule has 0 radical (unpaired) electrons. The Hall–Kier alpha value is -0.860. The van der Waals surface area contributed by atoms with E-state index in [1.807, 2.05) is 10.2 Å². The summed E-state index contributed by atoms with van der Waals surface area (Å²) in [6.07, 6.45) is -4.79. The van der Waals surface area contributed by atoms with Crippen molar-refractivity contribution < 1.29 is 23.1 Å². The molecule has 0 saturated carbocycles. The highest BCUT2D eigenvalue weighted by Gasteiger charge is 2.31. The fraction of sp³-hybridized carbons (Fsp3) is 0.917. The van der Waals surface area contributed by atoms with E-state index in [1.54, 1.807) is 13.8 Å². The monoisotopic (exact) mass is 297 g/mol. The highest BCUT2D eigenvalue weighted by Crippen LogP contribution is 2.13. The highest BCUT2D eigenvalue weighted by atomic mass is 19.4. The van der Waals surface area contributed by atoms with Crippen LogP contribution in [0.15, 0.2) is 0 Å². The lowest BCUT2D eigenvalue weighted by molar-refractivity contribution is -0.141. The second-order valence-electron chi connectivity index (χ2n) is 5.19. The van der Waals surface area contributed by atoms with E-state index in [0.717, 1.165) is 0 Å². The average Bonchev–Trinajstić information content (AvgIpc) is 2.34. The summed E-state index contributed by atoms with van der Waals surface area (Å²) in [4.78, 5) is 15.6. The number of carbonyl (C=O) groups is 1. The molecule has 1 rings (SSSR count). The molecule has 1 heterocycles. The molecule has 8 heteroatoms. The molecule has 0 bridgehead atoms. The fourth-order valence-electron chi connectivity index (χ4n) is 2.21. The van der Waals surface area contributed by atoms with Gasteiger partial charge in [-0.2, -0.15) is 13.2 Å². The number of carbonyl (C=O) groups excluding carboxylic acids is 1. The molecule has 118 valence electrons. The van der Waals surface area contributed by atoms with Crippen LogP contribution >= 0.6 is 0 Å². The van der Waals surface area contributed by atoms with Crippen molar-refractivity contribution in [1.29, 1.82) is 0 Å². The molecule has 5 nitrogen and oxygen atoms in total. The van der Waals surface area contributed by atoms with E-state index in [0.29, 0.717) is 32.7 Å². The Kier molecular flexibility index (Phi) is 6.22. The zero-order valence-corrected chi connectivity index (χ0v) is 11.8. The molecule has 0 spiro atoms. The summed E-state index contributed by atoms with van der Waals surface area (Å²) in [6.45, 7) is 5.19. The van der Waals surface area contributed by atoms with Crippen LogP contribution in [0.4, 0.5) is 13.2 Å². The van der Waals surface area contributed by atoms with Gasteiger partial charge in [-0.15, -0.1) is 0 Å². The number of β-amino-alcohol motifs (C(OH)–C–C–N with tert-alkyl or cyclic N) is 1. The molecule has 2 atom stereocenters. The van der Waals surface area contributed by atoms with Crippen LogP contribution in [0.3, 0.4) is 0 Å². The van der Waals surface area contributed by atoms with Gasteiger partial charge >= 0.3 is 6.18 Å². The molecule has 1 amide bonds. The summed E-state index contributed by atoms with van der Waals surface area (Å²) in [5.41, 5.74) is 0. The molecule has 0 aliphatic carbocycles. The van der Waals surface area contributed by atoms with E-state index in [1.165, 1.54) is 0 Å². The number of aliphatic hydroxyl groups is 1. The van der Waals surface area contributed by atoms with Crippen LogP contribution in [0.2, 0.25) is 0 Å². The number of aliphatic hydroxyl groups excluding tert-OH is 1. The smallest absolute Gasteiger partial charge is 0.392 e. The predicted octanol–water partition coefficient (Wildman–Crippen LogP) is 0.0518. The molecule has 2 N–H and O–H groups in total. The second kappa shape index (κ2) is 7.24. The quantitative estimate of drug-likeness (QED) is 0.753. The average molecular weight is 297 g/mol. The minimum absolute atomic E-state index is 0.408. The SMILES string of the molecule is C[C@@H](O)CN1CCN([C@@H](C)C(=O)NCC(F)(F)F)CC1. The number of nitrogens with one attached hydrogen (secondary N) is 1. The number of amides is 1. The van der Waals surface area contributed by atoms with Gasteiger partial charge in [-0.1, -0.05) is 0 Å². The number of rotatable bonds is 5. The first kappa shape index (κ1) is 17.2. The first-order valence-electron chi connectivity index (χ1n) is 6.68.